The lowest BCUT2D eigenvalue weighted by Gasteiger charge is -2.26. The van der Waals surface area contributed by atoms with Crippen molar-refractivity contribution in [3.8, 4) is 0 Å². The molecule has 0 spiro atoms. The zero-order valence-electron chi connectivity index (χ0n) is 9.44. The summed E-state index contributed by atoms with van der Waals surface area (Å²) in [7, 11) is 0. The second-order valence-corrected chi connectivity index (χ2v) is 4.56. The lowest BCUT2D eigenvalue weighted by atomic mass is 9.77. The van der Waals surface area contributed by atoms with Gasteiger partial charge >= 0.3 is 5.97 Å². The van der Waals surface area contributed by atoms with E-state index in [4.69, 9.17) is 9.47 Å². The molecule has 86 valence electrons. The fourth-order valence-corrected chi connectivity index (χ4v) is 3.06. The van der Waals surface area contributed by atoms with E-state index >= 15 is 0 Å². The van der Waals surface area contributed by atoms with Crippen LogP contribution in [0, 0.1) is 5.92 Å². The van der Waals surface area contributed by atoms with Crippen LogP contribution in [0.2, 0.25) is 0 Å². The van der Waals surface area contributed by atoms with E-state index in [1.54, 1.807) is 0 Å². The van der Waals surface area contributed by atoms with Gasteiger partial charge in [-0.3, -0.25) is 0 Å². The highest BCUT2D eigenvalue weighted by atomic mass is 16.5. The number of carbonyl (C=O) groups is 1. The lowest BCUT2D eigenvalue weighted by Crippen LogP contribution is -2.24. The van der Waals surface area contributed by atoms with Gasteiger partial charge in [0.2, 0.25) is 0 Å². The molecule has 0 unspecified atom stereocenters. The molecule has 1 aliphatic carbocycles. The Bertz CT molecular complexity index is 381. The molecule has 0 aromatic heterocycles. The van der Waals surface area contributed by atoms with Crippen LogP contribution in [0.4, 0.5) is 0 Å². The van der Waals surface area contributed by atoms with Crippen LogP contribution < -0.4 is 0 Å². The molecule has 0 amide bonds. The summed E-state index contributed by atoms with van der Waals surface area (Å²) in [4.78, 5) is 11.9. The van der Waals surface area contributed by atoms with Crippen LogP contribution in [0.25, 0.3) is 0 Å². The van der Waals surface area contributed by atoms with Crippen molar-refractivity contribution in [2.24, 2.45) is 5.92 Å². The van der Waals surface area contributed by atoms with Crippen molar-refractivity contribution in [1.29, 1.82) is 0 Å². The first kappa shape index (κ1) is 10.1. The van der Waals surface area contributed by atoms with E-state index in [9.17, 15) is 4.79 Å². The van der Waals surface area contributed by atoms with E-state index in [2.05, 4.69) is 12.2 Å². The Morgan fingerprint density at radius 3 is 3.25 bits per heavy atom. The maximum Gasteiger partial charge on any atom is 0.334 e. The normalized spacial score (nSPS) is 35.4. The van der Waals surface area contributed by atoms with Crippen molar-refractivity contribution in [1.82, 2.24) is 0 Å². The SMILES string of the molecule is CCOC(=O)C1=C2[C@@H]3C=C[C@@H](O3)[C@@H]2CCC1. The van der Waals surface area contributed by atoms with Crippen molar-refractivity contribution in [2.75, 3.05) is 6.61 Å². The summed E-state index contributed by atoms with van der Waals surface area (Å²) < 4.78 is 10.9. The highest BCUT2D eigenvalue weighted by molar-refractivity contribution is 5.90. The fourth-order valence-electron chi connectivity index (χ4n) is 3.06. The summed E-state index contributed by atoms with van der Waals surface area (Å²) in [5.74, 6) is 0.301. The summed E-state index contributed by atoms with van der Waals surface area (Å²) in [5.41, 5.74) is 2.09. The average Bonchev–Trinajstić information content (AvgIpc) is 2.90. The van der Waals surface area contributed by atoms with Gasteiger partial charge in [0.1, 0.15) is 0 Å². The maximum atomic E-state index is 11.9. The Labute approximate surface area is 95.1 Å². The first-order valence-corrected chi connectivity index (χ1v) is 6.05. The summed E-state index contributed by atoms with van der Waals surface area (Å²) in [6.07, 6.45) is 7.53. The number of rotatable bonds is 2. The van der Waals surface area contributed by atoms with Gasteiger partial charge in [0.05, 0.1) is 18.8 Å². The molecule has 0 aromatic carbocycles. The van der Waals surface area contributed by atoms with Gasteiger partial charge in [-0.05, 0) is 31.8 Å². The number of hydrogen-bond acceptors (Lipinski definition) is 3. The van der Waals surface area contributed by atoms with Gasteiger partial charge in [-0.1, -0.05) is 12.2 Å². The Balaban J connectivity index is 1.96. The molecular formula is C13H16O3. The summed E-state index contributed by atoms with van der Waals surface area (Å²) >= 11 is 0. The molecule has 2 aliphatic heterocycles. The van der Waals surface area contributed by atoms with Crippen LogP contribution in [-0.2, 0) is 14.3 Å². The van der Waals surface area contributed by atoms with E-state index in [1.165, 1.54) is 5.57 Å². The summed E-state index contributed by atoms with van der Waals surface area (Å²) in [6.45, 7) is 2.30. The molecule has 2 heterocycles. The third kappa shape index (κ3) is 1.34. The Kier molecular flexibility index (Phi) is 2.36. The number of carbonyl (C=O) groups excluding carboxylic acids is 1. The number of esters is 1. The molecule has 16 heavy (non-hydrogen) atoms. The van der Waals surface area contributed by atoms with Crippen molar-refractivity contribution >= 4 is 5.97 Å². The van der Waals surface area contributed by atoms with E-state index < -0.39 is 0 Å². The van der Waals surface area contributed by atoms with Gasteiger partial charge in [0.15, 0.2) is 0 Å². The van der Waals surface area contributed by atoms with Crippen molar-refractivity contribution in [3.05, 3.63) is 23.3 Å². The predicted octanol–water partition coefficient (Wildman–Crippen LogP) is 1.98. The second-order valence-electron chi connectivity index (χ2n) is 4.56. The Morgan fingerprint density at radius 2 is 2.44 bits per heavy atom. The highest BCUT2D eigenvalue weighted by Crippen LogP contribution is 2.46. The molecule has 3 heteroatoms. The van der Waals surface area contributed by atoms with Crippen LogP contribution in [0.15, 0.2) is 23.3 Å². The third-order valence-electron chi connectivity index (χ3n) is 3.69. The van der Waals surface area contributed by atoms with Crippen LogP contribution in [-0.4, -0.2) is 24.8 Å². The quantitative estimate of drug-likeness (QED) is 0.527. The molecule has 0 N–H and O–H groups in total. The number of ether oxygens (including phenoxy) is 2. The van der Waals surface area contributed by atoms with Crippen LogP contribution in [0.5, 0.6) is 0 Å². The van der Waals surface area contributed by atoms with E-state index in [0.29, 0.717) is 12.5 Å². The minimum atomic E-state index is -0.133. The minimum absolute atomic E-state index is 0.0507. The van der Waals surface area contributed by atoms with E-state index in [-0.39, 0.29) is 18.2 Å². The van der Waals surface area contributed by atoms with Crippen molar-refractivity contribution < 1.29 is 14.3 Å². The number of hydrogen-bond donors (Lipinski definition) is 0. The third-order valence-corrected chi connectivity index (χ3v) is 3.69. The van der Waals surface area contributed by atoms with Crippen LogP contribution in [0.1, 0.15) is 26.2 Å². The standard InChI is InChI=1S/C13H16O3/c1-2-15-13(14)9-5-3-4-8-10-6-7-11(16-10)12(8)9/h6-8,10-11H,2-5H2,1H3/t8-,10+,11-/m0/s1. The summed E-state index contributed by atoms with van der Waals surface area (Å²) in [5, 5.41) is 0. The predicted molar refractivity (Wildman–Crippen MR) is 58.8 cm³/mol. The minimum Gasteiger partial charge on any atom is -0.463 e. The van der Waals surface area contributed by atoms with E-state index in [1.807, 2.05) is 6.92 Å². The highest BCUT2D eigenvalue weighted by Gasteiger charge is 2.45. The molecule has 3 rings (SSSR count). The molecule has 3 atom stereocenters. The molecule has 0 aromatic rings. The molecule has 3 aliphatic rings. The fraction of sp³-hybridized carbons (Fsp3) is 0.615. The molecule has 1 saturated heterocycles. The van der Waals surface area contributed by atoms with Crippen molar-refractivity contribution in [2.45, 2.75) is 38.4 Å². The maximum absolute atomic E-state index is 11.9. The molecule has 0 radical (unpaired) electrons. The Morgan fingerprint density at radius 1 is 1.56 bits per heavy atom. The zero-order chi connectivity index (χ0) is 11.1. The second kappa shape index (κ2) is 3.74. The Hall–Kier alpha value is -1.09. The molecular weight excluding hydrogens is 204 g/mol. The molecule has 2 bridgehead atoms. The van der Waals surface area contributed by atoms with Gasteiger partial charge in [-0.15, -0.1) is 0 Å². The van der Waals surface area contributed by atoms with Gasteiger partial charge in [-0.25, -0.2) is 4.79 Å². The molecule has 3 nitrogen and oxygen atoms in total. The molecule has 1 fully saturated rings. The smallest absolute Gasteiger partial charge is 0.334 e. The first-order valence-electron chi connectivity index (χ1n) is 6.05. The lowest BCUT2D eigenvalue weighted by molar-refractivity contribution is -0.138. The van der Waals surface area contributed by atoms with Gasteiger partial charge < -0.3 is 9.47 Å². The van der Waals surface area contributed by atoms with Crippen LogP contribution in [0.3, 0.4) is 0 Å². The van der Waals surface area contributed by atoms with Crippen LogP contribution >= 0.6 is 0 Å². The average molecular weight is 220 g/mol. The number of fused-ring (bicyclic) bond motifs is 5. The zero-order valence-corrected chi connectivity index (χ0v) is 9.44. The van der Waals surface area contributed by atoms with Gasteiger partial charge in [0.25, 0.3) is 0 Å². The van der Waals surface area contributed by atoms with Gasteiger partial charge in [-0.2, -0.15) is 0 Å². The van der Waals surface area contributed by atoms with Gasteiger partial charge in [0, 0.05) is 11.5 Å². The monoisotopic (exact) mass is 220 g/mol. The topological polar surface area (TPSA) is 35.5 Å². The van der Waals surface area contributed by atoms with Crippen molar-refractivity contribution in [3.63, 3.8) is 0 Å². The first-order chi connectivity index (χ1) is 7.81. The molecule has 0 saturated carbocycles. The van der Waals surface area contributed by atoms with E-state index in [0.717, 1.165) is 24.8 Å². The largest absolute Gasteiger partial charge is 0.463 e. The summed E-state index contributed by atoms with van der Waals surface area (Å²) in [6, 6.07) is 0.